The van der Waals surface area contributed by atoms with Gasteiger partial charge in [0.1, 0.15) is 36.0 Å². The third kappa shape index (κ3) is 6.39. The summed E-state index contributed by atoms with van der Waals surface area (Å²) in [5, 5.41) is 0. The van der Waals surface area contributed by atoms with Gasteiger partial charge in [0.25, 0.3) is 0 Å². The minimum absolute atomic E-state index is 0.0329. The fourth-order valence-corrected chi connectivity index (χ4v) is 6.36. The van der Waals surface area contributed by atoms with Crippen LogP contribution in [0.2, 0.25) is 0 Å². The van der Waals surface area contributed by atoms with E-state index in [1.54, 1.807) is 14.2 Å². The SMILES string of the molecule is COc1ccc(-c2ccccc2)cc1[C@@H](n1cc[n+]([C@H](c2cc(-c3ccccc3)ccc2OC)C(C)(C)C)c1)C(C)(C)C. The molecular formula is C39H45N2O2+. The van der Waals surface area contributed by atoms with Crippen LogP contribution in [0.5, 0.6) is 11.5 Å². The minimum atomic E-state index is -0.0956. The van der Waals surface area contributed by atoms with Gasteiger partial charge in [0.15, 0.2) is 0 Å². The Hall–Kier alpha value is -4.31. The topological polar surface area (TPSA) is 27.3 Å². The number of hydrogen-bond acceptors (Lipinski definition) is 2. The molecule has 43 heavy (non-hydrogen) atoms. The second-order valence-corrected chi connectivity index (χ2v) is 13.5. The van der Waals surface area contributed by atoms with Gasteiger partial charge in [-0.1, -0.05) is 114 Å². The summed E-state index contributed by atoms with van der Waals surface area (Å²) < 4.78 is 16.6. The standard InChI is InChI=1S/C39H45N2O2/c1-38(2,3)36(32-25-30(19-21-34(32)42-7)28-15-11-9-12-16-28)40-23-24-41(27-40)37(39(4,5)6)33-26-31(20-22-35(33)43-8)29-17-13-10-14-18-29/h9-27,36-37H,1-8H3/q+1/t36-,37-/m1/s1. The number of nitrogens with zero attached hydrogens (tertiary/aromatic N) is 2. The molecule has 4 heteroatoms. The van der Waals surface area contributed by atoms with Crippen molar-refractivity contribution in [3.8, 4) is 33.8 Å². The zero-order valence-electron chi connectivity index (χ0n) is 26.8. The van der Waals surface area contributed by atoms with E-state index in [1.165, 1.54) is 22.3 Å². The van der Waals surface area contributed by atoms with E-state index in [2.05, 4.69) is 166 Å². The van der Waals surface area contributed by atoms with E-state index < -0.39 is 0 Å². The minimum Gasteiger partial charge on any atom is -0.496 e. The maximum atomic E-state index is 5.96. The van der Waals surface area contributed by atoms with Crippen LogP contribution in [0.4, 0.5) is 0 Å². The van der Waals surface area contributed by atoms with Gasteiger partial charge in [-0.05, 0) is 46.5 Å². The van der Waals surface area contributed by atoms with Crippen LogP contribution < -0.4 is 14.0 Å². The molecule has 0 aliphatic carbocycles. The zero-order chi connectivity index (χ0) is 30.8. The van der Waals surface area contributed by atoms with Crippen LogP contribution in [0, 0.1) is 10.8 Å². The Morgan fingerprint density at radius 3 is 1.53 bits per heavy atom. The number of hydrogen-bond donors (Lipinski definition) is 0. The molecule has 0 saturated carbocycles. The lowest BCUT2D eigenvalue weighted by Crippen LogP contribution is -2.46. The highest BCUT2D eigenvalue weighted by atomic mass is 16.5. The smallest absolute Gasteiger partial charge is 0.244 e. The van der Waals surface area contributed by atoms with Crippen LogP contribution in [-0.4, -0.2) is 18.8 Å². The first-order valence-corrected chi connectivity index (χ1v) is 15.1. The predicted molar refractivity (Wildman–Crippen MR) is 177 cm³/mol. The summed E-state index contributed by atoms with van der Waals surface area (Å²) in [6, 6.07) is 34.2. The lowest BCUT2D eigenvalue weighted by molar-refractivity contribution is -0.725. The molecule has 0 N–H and O–H groups in total. The summed E-state index contributed by atoms with van der Waals surface area (Å²) in [6.07, 6.45) is 6.67. The lowest BCUT2D eigenvalue weighted by atomic mass is 9.80. The number of methoxy groups -OCH3 is 2. The highest BCUT2D eigenvalue weighted by molar-refractivity contribution is 5.67. The number of ether oxygens (including phenoxy) is 2. The van der Waals surface area contributed by atoms with E-state index in [-0.39, 0.29) is 22.9 Å². The van der Waals surface area contributed by atoms with Crippen molar-refractivity contribution in [2.75, 3.05) is 14.2 Å². The predicted octanol–water partition coefficient (Wildman–Crippen LogP) is 9.40. The van der Waals surface area contributed by atoms with Gasteiger partial charge in [-0.25, -0.2) is 9.13 Å². The molecule has 0 bridgehead atoms. The van der Waals surface area contributed by atoms with Crippen molar-refractivity contribution in [1.82, 2.24) is 4.57 Å². The maximum Gasteiger partial charge on any atom is 0.244 e. The van der Waals surface area contributed by atoms with Crippen molar-refractivity contribution >= 4 is 0 Å². The largest absolute Gasteiger partial charge is 0.496 e. The first kappa shape index (κ1) is 30.2. The molecule has 0 unspecified atom stereocenters. The van der Waals surface area contributed by atoms with E-state index in [9.17, 15) is 0 Å². The molecule has 1 aromatic heterocycles. The summed E-state index contributed by atoms with van der Waals surface area (Å²) in [7, 11) is 3.52. The molecule has 0 fully saturated rings. The van der Waals surface area contributed by atoms with Gasteiger partial charge in [0, 0.05) is 22.0 Å². The molecule has 5 aromatic rings. The van der Waals surface area contributed by atoms with Crippen LogP contribution in [0.3, 0.4) is 0 Å². The van der Waals surface area contributed by atoms with Crippen molar-refractivity contribution in [2.24, 2.45) is 10.8 Å². The Morgan fingerprint density at radius 1 is 0.581 bits per heavy atom. The average molecular weight is 574 g/mol. The lowest BCUT2D eigenvalue weighted by Gasteiger charge is -2.31. The third-order valence-electron chi connectivity index (χ3n) is 8.18. The van der Waals surface area contributed by atoms with Gasteiger partial charge in [0.05, 0.1) is 14.2 Å². The number of imidazole rings is 1. The summed E-state index contributed by atoms with van der Waals surface area (Å²) in [5.74, 6) is 1.79. The summed E-state index contributed by atoms with van der Waals surface area (Å²) in [6.45, 7) is 13.8. The van der Waals surface area contributed by atoms with Crippen LogP contribution >= 0.6 is 0 Å². The summed E-state index contributed by atoms with van der Waals surface area (Å²) in [4.78, 5) is 0. The molecule has 0 aliphatic heterocycles. The number of benzene rings is 4. The second kappa shape index (κ2) is 12.1. The van der Waals surface area contributed by atoms with E-state index >= 15 is 0 Å². The van der Waals surface area contributed by atoms with E-state index in [1.807, 2.05) is 0 Å². The monoisotopic (exact) mass is 573 g/mol. The molecule has 4 nitrogen and oxygen atoms in total. The van der Waals surface area contributed by atoms with Crippen LogP contribution in [-0.2, 0) is 0 Å². The van der Waals surface area contributed by atoms with Gasteiger partial charge in [0.2, 0.25) is 6.33 Å². The fraction of sp³-hybridized carbons (Fsp3) is 0.308. The van der Waals surface area contributed by atoms with Crippen molar-refractivity contribution in [3.63, 3.8) is 0 Å². The van der Waals surface area contributed by atoms with Crippen molar-refractivity contribution in [3.05, 3.63) is 127 Å². The van der Waals surface area contributed by atoms with Gasteiger partial charge in [-0.3, -0.25) is 0 Å². The molecule has 0 radical (unpaired) electrons. The summed E-state index contributed by atoms with van der Waals surface area (Å²) >= 11 is 0. The Kier molecular flexibility index (Phi) is 8.50. The van der Waals surface area contributed by atoms with Gasteiger partial charge < -0.3 is 9.47 Å². The van der Waals surface area contributed by atoms with Gasteiger partial charge >= 0.3 is 0 Å². The van der Waals surface area contributed by atoms with Crippen LogP contribution in [0.15, 0.2) is 116 Å². The quantitative estimate of drug-likeness (QED) is 0.173. The van der Waals surface area contributed by atoms with Crippen LogP contribution in [0.25, 0.3) is 22.3 Å². The Morgan fingerprint density at radius 2 is 1.07 bits per heavy atom. The molecule has 0 aliphatic rings. The van der Waals surface area contributed by atoms with Gasteiger partial charge in [-0.2, -0.15) is 0 Å². The van der Waals surface area contributed by atoms with E-state index in [0.717, 1.165) is 22.6 Å². The molecule has 4 aromatic carbocycles. The number of rotatable bonds is 8. The molecule has 0 saturated heterocycles. The molecule has 0 amide bonds. The van der Waals surface area contributed by atoms with E-state index in [4.69, 9.17) is 9.47 Å². The normalized spacial score (nSPS) is 13.4. The Balaban J connectivity index is 1.64. The molecule has 222 valence electrons. The highest BCUT2D eigenvalue weighted by Crippen LogP contribution is 2.43. The first-order chi connectivity index (χ1) is 20.5. The van der Waals surface area contributed by atoms with E-state index in [0.29, 0.717) is 0 Å². The Labute approximate surface area is 257 Å². The maximum absolute atomic E-state index is 5.96. The van der Waals surface area contributed by atoms with Crippen LogP contribution in [0.1, 0.15) is 64.8 Å². The summed E-state index contributed by atoms with van der Waals surface area (Å²) in [5.41, 5.74) is 6.88. The van der Waals surface area contributed by atoms with Gasteiger partial charge in [-0.15, -0.1) is 0 Å². The third-order valence-corrected chi connectivity index (χ3v) is 8.18. The Bertz CT molecular complexity index is 1530. The number of aromatic nitrogens is 2. The molecule has 1 heterocycles. The highest BCUT2D eigenvalue weighted by Gasteiger charge is 2.38. The molecule has 2 atom stereocenters. The van der Waals surface area contributed by atoms with Crippen molar-refractivity contribution < 1.29 is 14.0 Å². The van der Waals surface area contributed by atoms with Crippen molar-refractivity contribution in [1.29, 1.82) is 0 Å². The van der Waals surface area contributed by atoms with Crippen molar-refractivity contribution in [2.45, 2.75) is 53.6 Å². The molecule has 5 rings (SSSR count). The first-order valence-electron chi connectivity index (χ1n) is 15.1. The molecular weight excluding hydrogens is 528 g/mol. The zero-order valence-corrected chi connectivity index (χ0v) is 26.8. The average Bonchev–Trinajstić information content (AvgIpc) is 3.45. The molecule has 0 spiro atoms. The fourth-order valence-electron chi connectivity index (χ4n) is 6.36. The second-order valence-electron chi connectivity index (χ2n) is 13.5.